The molecule has 0 fully saturated rings. The van der Waals surface area contributed by atoms with E-state index in [9.17, 15) is 0 Å². The molecule has 2 rings (SSSR count). The van der Waals surface area contributed by atoms with E-state index < -0.39 is 0 Å². The van der Waals surface area contributed by atoms with Gasteiger partial charge in [-0.2, -0.15) is 0 Å². The van der Waals surface area contributed by atoms with Crippen LogP contribution in [0.1, 0.15) is 5.69 Å². The summed E-state index contributed by atoms with van der Waals surface area (Å²) in [5, 5.41) is 0.698. The topological polar surface area (TPSA) is 25.8 Å². The SMILES string of the molecule is Clc1ccc2nc(CI)cnc2c1. The van der Waals surface area contributed by atoms with Crippen molar-refractivity contribution >= 4 is 45.2 Å². The highest BCUT2D eigenvalue weighted by Gasteiger charge is 1.98. The molecule has 0 atom stereocenters. The lowest BCUT2D eigenvalue weighted by molar-refractivity contribution is 1.18. The molecule has 0 aliphatic heterocycles. The predicted molar refractivity (Wildman–Crippen MR) is 62.3 cm³/mol. The molecule has 1 heterocycles. The van der Waals surface area contributed by atoms with Crippen LogP contribution in [0.4, 0.5) is 0 Å². The zero-order valence-electron chi connectivity index (χ0n) is 6.67. The summed E-state index contributed by atoms with van der Waals surface area (Å²) in [7, 11) is 0. The molecule has 0 aliphatic rings. The maximum absolute atomic E-state index is 5.82. The normalized spacial score (nSPS) is 10.6. The first-order chi connectivity index (χ1) is 6.29. The fraction of sp³-hybridized carbons (Fsp3) is 0.111. The molecule has 1 aromatic carbocycles. The maximum Gasteiger partial charge on any atom is 0.0901 e. The quantitative estimate of drug-likeness (QED) is 0.597. The fourth-order valence-electron chi connectivity index (χ4n) is 1.09. The first-order valence-corrected chi connectivity index (χ1v) is 5.67. The highest BCUT2D eigenvalue weighted by atomic mass is 127. The molecule has 4 heteroatoms. The van der Waals surface area contributed by atoms with Gasteiger partial charge in [0.25, 0.3) is 0 Å². The van der Waals surface area contributed by atoms with Crippen LogP contribution < -0.4 is 0 Å². The summed E-state index contributed by atoms with van der Waals surface area (Å²) in [4.78, 5) is 8.67. The number of hydrogen-bond donors (Lipinski definition) is 0. The average molecular weight is 305 g/mol. The minimum atomic E-state index is 0.698. The van der Waals surface area contributed by atoms with Crippen LogP contribution in [0, 0.1) is 0 Å². The Morgan fingerprint density at radius 3 is 2.92 bits per heavy atom. The van der Waals surface area contributed by atoms with Gasteiger partial charge in [-0.3, -0.25) is 4.98 Å². The molecule has 2 nitrogen and oxygen atoms in total. The van der Waals surface area contributed by atoms with Crippen molar-refractivity contribution in [1.82, 2.24) is 9.97 Å². The van der Waals surface area contributed by atoms with Crippen LogP contribution in [-0.4, -0.2) is 9.97 Å². The summed E-state index contributed by atoms with van der Waals surface area (Å²) in [6, 6.07) is 5.54. The van der Waals surface area contributed by atoms with Crippen molar-refractivity contribution in [2.24, 2.45) is 0 Å². The van der Waals surface area contributed by atoms with Crippen molar-refractivity contribution in [1.29, 1.82) is 0 Å². The summed E-state index contributed by atoms with van der Waals surface area (Å²) in [6.07, 6.45) is 1.78. The van der Waals surface area contributed by atoms with Gasteiger partial charge in [0, 0.05) is 15.6 Å². The molecular formula is C9H6ClIN2. The van der Waals surface area contributed by atoms with E-state index in [1.54, 1.807) is 6.20 Å². The summed E-state index contributed by atoms with van der Waals surface area (Å²) in [6.45, 7) is 0. The van der Waals surface area contributed by atoms with Crippen LogP contribution in [0.25, 0.3) is 11.0 Å². The Morgan fingerprint density at radius 1 is 1.31 bits per heavy atom. The first kappa shape index (κ1) is 9.15. The molecule has 0 bridgehead atoms. The summed E-state index contributed by atoms with van der Waals surface area (Å²) >= 11 is 8.09. The third-order valence-corrected chi connectivity index (χ3v) is 2.71. The number of aromatic nitrogens is 2. The van der Waals surface area contributed by atoms with Gasteiger partial charge < -0.3 is 0 Å². The third-order valence-electron chi connectivity index (χ3n) is 1.69. The summed E-state index contributed by atoms with van der Waals surface area (Å²) in [5.74, 6) is 0. The number of rotatable bonds is 1. The number of benzene rings is 1. The monoisotopic (exact) mass is 304 g/mol. The Hall–Kier alpha value is -0.420. The zero-order chi connectivity index (χ0) is 9.26. The van der Waals surface area contributed by atoms with Crippen molar-refractivity contribution in [2.45, 2.75) is 4.43 Å². The molecule has 0 unspecified atom stereocenters. The largest absolute Gasteiger partial charge is 0.253 e. The Kier molecular flexibility index (Phi) is 2.64. The molecule has 0 radical (unpaired) electrons. The highest BCUT2D eigenvalue weighted by molar-refractivity contribution is 14.1. The number of nitrogens with zero attached hydrogens (tertiary/aromatic N) is 2. The van der Waals surface area contributed by atoms with Crippen molar-refractivity contribution < 1.29 is 0 Å². The average Bonchev–Trinajstić information content (AvgIpc) is 2.17. The lowest BCUT2D eigenvalue weighted by atomic mass is 10.3. The summed E-state index contributed by atoms with van der Waals surface area (Å²) < 4.78 is 0.878. The van der Waals surface area contributed by atoms with E-state index in [1.165, 1.54) is 0 Å². The second-order valence-electron chi connectivity index (χ2n) is 2.63. The minimum Gasteiger partial charge on any atom is -0.253 e. The minimum absolute atomic E-state index is 0.698. The molecule has 0 amide bonds. The van der Waals surface area contributed by atoms with E-state index in [0.29, 0.717) is 5.02 Å². The van der Waals surface area contributed by atoms with Crippen LogP contribution in [0.3, 0.4) is 0 Å². The van der Waals surface area contributed by atoms with Gasteiger partial charge in [0.1, 0.15) is 0 Å². The van der Waals surface area contributed by atoms with Gasteiger partial charge >= 0.3 is 0 Å². The lowest BCUT2D eigenvalue weighted by Gasteiger charge is -1.98. The van der Waals surface area contributed by atoms with Gasteiger partial charge in [0.15, 0.2) is 0 Å². The van der Waals surface area contributed by atoms with Crippen molar-refractivity contribution in [3.63, 3.8) is 0 Å². The van der Waals surface area contributed by atoms with E-state index in [1.807, 2.05) is 18.2 Å². The van der Waals surface area contributed by atoms with Gasteiger partial charge in [-0.05, 0) is 18.2 Å². The Morgan fingerprint density at radius 2 is 2.15 bits per heavy atom. The zero-order valence-corrected chi connectivity index (χ0v) is 9.58. The Labute approximate surface area is 94.5 Å². The summed E-state index contributed by atoms with van der Waals surface area (Å²) in [5.41, 5.74) is 2.75. The molecule has 0 spiro atoms. The van der Waals surface area contributed by atoms with E-state index >= 15 is 0 Å². The molecule has 66 valence electrons. The van der Waals surface area contributed by atoms with Crippen molar-refractivity contribution in [2.75, 3.05) is 0 Å². The molecular weight excluding hydrogens is 298 g/mol. The molecule has 13 heavy (non-hydrogen) atoms. The smallest absolute Gasteiger partial charge is 0.0901 e. The third kappa shape index (κ3) is 1.91. The van der Waals surface area contributed by atoms with Crippen LogP contribution in [0.15, 0.2) is 24.4 Å². The van der Waals surface area contributed by atoms with Gasteiger partial charge in [-0.15, -0.1) is 0 Å². The molecule has 0 saturated heterocycles. The van der Waals surface area contributed by atoms with Gasteiger partial charge in [0.05, 0.1) is 16.7 Å². The second-order valence-corrected chi connectivity index (χ2v) is 3.83. The molecule has 1 aromatic heterocycles. The van der Waals surface area contributed by atoms with Crippen molar-refractivity contribution in [3.8, 4) is 0 Å². The standard InChI is InChI=1S/C9H6ClIN2/c10-6-1-2-8-9(3-6)12-5-7(4-11)13-8/h1-3,5H,4H2. The number of fused-ring (bicyclic) bond motifs is 1. The number of halogens is 2. The van der Waals surface area contributed by atoms with Gasteiger partial charge in [0.2, 0.25) is 0 Å². The Bertz CT molecular complexity index is 445. The van der Waals surface area contributed by atoms with E-state index in [-0.39, 0.29) is 0 Å². The van der Waals surface area contributed by atoms with Crippen LogP contribution >= 0.6 is 34.2 Å². The van der Waals surface area contributed by atoms with Crippen LogP contribution in [-0.2, 0) is 4.43 Å². The number of alkyl halides is 1. The van der Waals surface area contributed by atoms with Gasteiger partial charge in [-0.25, -0.2) is 4.98 Å². The molecule has 0 N–H and O–H groups in total. The first-order valence-electron chi connectivity index (χ1n) is 3.77. The van der Waals surface area contributed by atoms with E-state index in [0.717, 1.165) is 21.2 Å². The van der Waals surface area contributed by atoms with Crippen molar-refractivity contribution in [3.05, 3.63) is 35.1 Å². The van der Waals surface area contributed by atoms with Crippen LogP contribution in [0.5, 0.6) is 0 Å². The second kappa shape index (κ2) is 3.75. The number of hydrogen-bond acceptors (Lipinski definition) is 2. The molecule has 0 aliphatic carbocycles. The van der Waals surface area contributed by atoms with Gasteiger partial charge in [-0.1, -0.05) is 34.2 Å². The fourth-order valence-corrected chi connectivity index (χ4v) is 1.62. The van der Waals surface area contributed by atoms with E-state index in [2.05, 4.69) is 32.6 Å². The lowest BCUT2D eigenvalue weighted by Crippen LogP contribution is -1.88. The molecule has 2 aromatic rings. The predicted octanol–water partition coefficient (Wildman–Crippen LogP) is 3.22. The van der Waals surface area contributed by atoms with Crippen LogP contribution in [0.2, 0.25) is 5.02 Å². The highest BCUT2D eigenvalue weighted by Crippen LogP contribution is 2.16. The Balaban J connectivity index is 2.66. The van der Waals surface area contributed by atoms with E-state index in [4.69, 9.17) is 11.6 Å². The molecule has 0 saturated carbocycles. The maximum atomic E-state index is 5.82.